The molecule has 0 radical (unpaired) electrons. The summed E-state index contributed by atoms with van der Waals surface area (Å²) in [7, 11) is 0. The lowest BCUT2D eigenvalue weighted by molar-refractivity contribution is -0.124. The summed E-state index contributed by atoms with van der Waals surface area (Å²) in [5.41, 5.74) is 0. The molecule has 7 nitrogen and oxygen atoms in total. The number of carbonyl (C=O) groups excluding carboxylic acids is 3. The molecule has 1 aliphatic heterocycles. The molecule has 13 heteroatoms. The maximum absolute atomic E-state index is 12.5. The van der Waals surface area contributed by atoms with Gasteiger partial charge in [0.05, 0.1) is 29.1 Å². The second-order valence-electron chi connectivity index (χ2n) is 15.7. The third-order valence-electron chi connectivity index (χ3n) is 9.59. The van der Waals surface area contributed by atoms with Crippen LogP contribution in [0.2, 0.25) is 0 Å². The molecule has 55 heavy (non-hydrogen) atoms. The van der Waals surface area contributed by atoms with Crippen LogP contribution in [-0.2, 0) is 19.1 Å². The topological polar surface area (TPSA) is 96.5 Å². The van der Waals surface area contributed by atoms with Crippen LogP contribution >= 0.6 is 81.8 Å². The summed E-state index contributed by atoms with van der Waals surface area (Å²) in [5, 5.41) is 10.4. The highest BCUT2D eigenvalue weighted by Gasteiger charge is 2.28. The second-order valence-corrected chi connectivity index (χ2v) is 23.2. The zero-order valence-corrected chi connectivity index (χ0v) is 40.9. The molecule has 3 atom stereocenters. The quantitative estimate of drug-likeness (QED) is 0.110. The van der Waals surface area contributed by atoms with Gasteiger partial charge in [-0.3, -0.25) is 14.4 Å². The van der Waals surface area contributed by atoms with Gasteiger partial charge in [-0.15, -0.1) is 34.0 Å². The highest BCUT2D eigenvalue weighted by atomic mass is 79.9. The van der Waals surface area contributed by atoms with Crippen LogP contribution in [0.15, 0.2) is 47.8 Å². The summed E-state index contributed by atoms with van der Waals surface area (Å²) in [6.07, 6.45) is 4.77. The van der Waals surface area contributed by atoms with E-state index in [1.807, 2.05) is 65.8 Å². The molecule has 3 N–H and O–H groups in total. The van der Waals surface area contributed by atoms with E-state index in [0.29, 0.717) is 29.4 Å². The minimum atomic E-state index is -0.0332. The first-order valence-corrected chi connectivity index (χ1v) is 24.5. The van der Waals surface area contributed by atoms with E-state index in [1.165, 1.54) is 17.7 Å². The molecule has 4 heterocycles. The van der Waals surface area contributed by atoms with Crippen molar-refractivity contribution < 1.29 is 19.1 Å². The fraction of sp³-hybridized carbons (Fsp3) is 0.643. The van der Waals surface area contributed by atoms with Gasteiger partial charge in [-0.1, -0.05) is 55.4 Å². The Balaban J connectivity index is 0.000000222. The fourth-order valence-corrected chi connectivity index (χ4v) is 10.7. The zero-order valence-electron chi connectivity index (χ0n) is 33.7. The molecular weight excluding hydrogens is 946 g/mol. The predicted octanol–water partition coefficient (Wildman–Crippen LogP) is 11.2. The molecule has 308 valence electrons. The van der Waals surface area contributed by atoms with Crippen molar-refractivity contribution >= 4 is 99.1 Å². The third kappa shape index (κ3) is 17.6. The van der Waals surface area contributed by atoms with Gasteiger partial charge in [0.15, 0.2) is 0 Å². The summed E-state index contributed by atoms with van der Waals surface area (Å²) in [6, 6.07) is 13.1. The van der Waals surface area contributed by atoms with E-state index in [4.69, 9.17) is 4.74 Å². The molecule has 0 spiro atoms. The van der Waals surface area contributed by atoms with Gasteiger partial charge in [-0.2, -0.15) is 0 Å². The van der Waals surface area contributed by atoms with Gasteiger partial charge >= 0.3 is 0 Å². The summed E-state index contributed by atoms with van der Waals surface area (Å²) in [4.78, 5) is 40.4. The van der Waals surface area contributed by atoms with Crippen molar-refractivity contribution in [3.05, 3.63) is 62.4 Å². The van der Waals surface area contributed by atoms with Crippen molar-refractivity contribution in [1.82, 2.24) is 16.0 Å². The molecule has 1 saturated carbocycles. The Hall–Kier alpha value is -0.610. The lowest BCUT2D eigenvalue weighted by Gasteiger charge is -2.26. The van der Waals surface area contributed by atoms with E-state index in [2.05, 4.69) is 89.7 Å². The lowest BCUT2D eigenvalue weighted by atomic mass is 9.93. The smallest absolute Gasteiger partial charge is 0.144 e. The number of ketones is 3. The van der Waals surface area contributed by atoms with Crippen molar-refractivity contribution in [2.75, 3.05) is 39.4 Å². The first-order chi connectivity index (χ1) is 26.1. The SMILES string of the molecule is CC(C)C(=O)[C@H](CNC1CCOCC1)c1ccc(Br)s1.CC(C)C(=O)[C@H](CNCC1CC1)c1ccc(Br)s1.CC(C)NC[C@@H](C(=O)C(C)C)c1ccc(Br)s1. The zero-order chi connectivity index (χ0) is 40.7. The summed E-state index contributed by atoms with van der Waals surface area (Å²) in [5.74, 6) is 2.03. The van der Waals surface area contributed by atoms with Gasteiger partial charge in [0.2, 0.25) is 0 Å². The van der Waals surface area contributed by atoms with Gasteiger partial charge in [0.1, 0.15) is 17.3 Å². The number of hydrogen-bond acceptors (Lipinski definition) is 10. The molecule has 5 rings (SSSR count). The third-order valence-corrected chi connectivity index (χ3v) is 14.8. The molecule has 0 amide bonds. The minimum Gasteiger partial charge on any atom is -0.381 e. The Kier molecular flexibility index (Phi) is 22.3. The molecule has 3 aromatic heterocycles. The molecule has 1 aliphatic carbocycles. The highest BCUT2D eigenvalue weighted by Crippen LogP contribution is 2.33. The second kappa shape index (κ2) is 25.1. The molecule has 2 fully saturated rings. The van der Waals surface area contributed by atoms with Gasteiger partial charge in [-0.25, -0.2) is 0 Å². The van der Waals surface area contributed by atoms with Gasteiger partial charge in [0, 0.05) is 77.3 Å². The molecular formula is C42H62Br3N3O4S3. The monoisotopic (exact) mass is 1010 g/mol. The molecule has 0 bridgehead atoms. The number of hydrogen-bond donors (Lipinski definition) is 3. The standard InChI is InChI=1S/C15H22BrNO2S.C14H20BrNOS.C13H20BrNOS/c1-10(2)15(18)12(13-3-4-14(16)20-13)9-17-11-5-7-19-8-6-11;1-9(2)14(17)11(8-16-7-10-3-4-10)12-5-6-13(15)18-12;1-8(2)13(16)10(7-15-9(3)4)11-5-6-12(14)17-11/h3-4,10-12,17H,5-9H2,1-2H3;5-6,9-11,16H,3-4,7-8H2,1-2H3;5-6,8-10,15H,7H2,1-4H3/t12-;11-;10-/m111/s1. The van der Waals surface area contributed by atoms with E-state index >= 15 is 0 Å². The Bertz CT molecular complexity index is 1590. The maximum atomic E-state index is 12.5. The number of Topliss-reactive ketones (excluding diaryl/α,β-unsaturated/α-hetero) is 3. The summed E-state index contributed by atoms with van der Waals surface area (Å²) >= 11 is 15.4. The number of thiophene rings is 3. The van der Waals surface area contributed by atoms with Gasteiger partial charge in [0.25, 0.3) is 0 Å². The maximum Gasteiger partial charge on any atom is 0.144 e. The minimum absolute atomic E-state index is 0.0139. The van der Waals surface area contributed by atoms with Crippen molar-refractivity contribution in [2.45, 2.75) is 111 Å². The van der Waals surface area contributed by atoms with Crippen LogP contribution < -0.4 is 16.0 Å². The van der Waals surface area contributed by atoms with E-state index in [0.717, 1.165) is 79.3 Å². The Morgan fingerprint density at radius 1 is 0.618 bits per heavy atom. The van der Waals surface area contributed by atoms with Crippen molar-refractivity contribution in [3.63, 3.8) is 0 Å². The van der Waals surface area contributed by atoms with Crippen LogP contribution in [0.4, 0.5) is 0 Å². The van der Waals surface area contributed by atoms with E-state index in [9.17, 15) is 14.4 Å². The van der Waals surface area contributed by atoms with Gasteiger partial charge < -0.3 is 20.7 Å². The highest BCUT2D eigenvalue weighted by molar-refractivity contribution is 9.11. The molecule has 0 unspecified atom stereocenters. The van der Waals surface area contributed by atoms with Crippen LogP contribution in [-0.4, -0.2) is 68.8 Å². The normalized spacial score (nSPS) is 16.4. The number of ether oxygens (including phenoxy) is 1. The van der Waals surface area contributed by atoms with Crippen molar-refractivity contribution in [3.8, 4) is 0 Å². The fourth-order valence-electron chi connectivity index (χ4n) is 6.07. The van der Waals surface area contributed by atoms with Crippen LogP contribution in [0.3, 0.4) is 0 Å². The van der Waals surface area contributed by atoms with Crippen LogP contribution in [0.25, 0.3) is 0 Å². The molecule has 1 saturated heterocycles. The molecule has 0 aromatic carbocycles. The van der Waals surface area contributed by atoms with Crippen LogP contribution in [0, 0.1) is 23.7 Å². The average molecular weight is 1010 g/mol. The van der Waals surface area contributed by atoms with Crippen LogP contribution in [0.5, 0.6) is 0 Å². The van der Waals surface area contributed by atoms with Gasteiger partial charge in [-0.05, 0) is 122 Å². The average Bonchev–Trinajstić information content (AvgIpc) is 3.44. The predicted molar refractivity (Wildman–Crippen MR) is 244 cm³/mol. The van der Waals surface area contributed by atoms with E-state index < -0.39 is 0 Å². The largest absolute Gasteiger partial charge is 0.381 e. The lowest BCUT2D eigenvalue weighted by Crippen LogP contribution is -2.39. The Labute approximate surface area is 367 Å². The first kappa shape index (κ1) is 48.8. The number of halogens is 3. The van der Waals surface area contributed by atoms with E-state index in [1.54, 1.807) is 34.0 Å². The molecule has 3 aromatic rings. The first-order valence-electron chi connectivity index (χ1n) is 19.7. The van der Waals surface area contributed by atoms with Crippen molar-refractivity contribution in [2.24, 2.45) is 23.7 Å². The van der Waals surface area contributed by atoms with E-state index in [-0.39, 0.29) is 35.5 Å². The number of nitrogens with one attached hydrogen (secondary N) is 3. The number of carbonyl (C=O) groups is 3. The van der Waals surface area contributed by atoms with Crippen LogP contribution in [0.1, 0.15) is 113 Å². The van der Waals surface area contributed by atoms with Crippen molar-refractivity contribution in [1.29, 1.82) is 0 Å². The summed E-state index contributed by atoms with van der Waals surface area (Å²) < 4.78 is 8.63. The number of rotatable bonds is 19. The molecule has 2 aliphatic rings. The summed E-state index contributed by atoms with van der Waals surface area (Å²) in [6.45, 7) is 21.0. The Morgan fingerprint density at radius 2 is 1.02 bits per heavy atom. The Morgan fingerprint density at radius 3 is 1.36 bits per heavy atom.